The molecule has 3 aromatic rings. The summed E-state index contributed by atoms with van der Waals surface area (Å²) in [6.45, 7) is 2.59. The van der Waals surface area contributed by atoms with Crippen LogP contribution in [0, 0.1) is 6.92 Å². The zero-order valence-electron chi connectivity index (χ0n) is 11.0. The summed E-state index contributed by atoms with van der Waals surface area (Å²) in [6, 6.07) is 11.6. The lowest BCUT2D eigenvalue weighted by molar-refractivity contribution is 0.111. The highest BCUT2D eigenvalue weighted by Crippen LogP contribution is 2.23. The van der Waals surface area contributed by atoms with Crippen LogP contribution in [0.4, 0.5) is 0 Å². The van der Waals surface area contributed by atoms with E-state index in [9.17, 15) is 4.79 Å². The third-order valence-corrected chi connectivity index (χ3v) is 3.21. The maximum atomic E-state index is 11.1. The van der Waals surface area contributed by atoms with Crippen LogP contribution in [0.15, 0.2) is 47.1 Å². The maximum Gasteiger partial charge on any atom is 0.172 e. The Kier molecular flexibility index (Phi) is 3.16. The van der Waals surface area contributed by atoms with E-state index in [1.54, 1.807) is 23.1 Å². The monoisotopic (exact) mass is 267 g/mol. The summed E-state index contributed by atoms with van der Waals surface area (Å²) in [6.07, 6.45) is 2.26. The van der Waals surface area contributed by atoms with E-state index in [1.165, 1.54) is 5.56 Å². The van der Waals surface area contributed by atoms with Gasteiger partial charge in [-0.1, -0.05) is 29.5 Å². The Labute approximate surface area is 115 Å². The van der Waals surface area contributed by atoms with Gasteiger partial charge in [-0.2, -0.15) is 0 Å². The summed E-state index contributed by atoms with van der Waals surface area (Å²) in [5.74, 6) is 0.589. The Hall–Kier alpha value is -2.69. The second-order valence-electron chi connectivity index (χ2n) is 4.50. The van der Waals surface area contributed by atoms with Gasteiger partial charge in [-0.25, -0.2) is 4.68 Å². The van der Waals surface area contributed by atoms with Crippen LogP contribution in [0.25, 0.3) is 11.5 Å². The molecule has 0 atom stereocenters. The summed E-state index contributed by atoms with van der Waals surface area (Å²) in [7, 11) is 0. The van der Waals surface area contributed by atoms with E-state index >= 15 is 0 Å². The minimum atomic E-state index is 0.286. The van der Waals surface area contributed by atoms with Crippen LogP contribution in [0.5, 0.6) is 0 Å². The number of aldehydes is 1. The molecule has 5 heteroatoms. The predicted octanol–water partition coefficient (Wildman–Crippen LogP) is 2.71. The van der Waals surface area contributed by atoms with Crippen molar-refractivity contribution in [2.75, 3.05) is 0 Å². The second kappa shape index (κ2) is 5.13. The van der Waals surface area contributed by atoms with Gasteiger partial charge >= 0.3 is 0 Å². The van der Waals surface area contributed by atoms with Gasteiger partial charge in [-0.05, 0) is 30.2 Å². The van der Waals surface area contributed by atoms with Gasteiger partial charge in [0.05, 0.1) is 12.8 Å². The first kappa shape index (κ1) is 12.3. The molecule has 0 aliphatic rings. The highest BCUT2D eigenvalue weighted by molar-refractivity contribution is 5.81. The van der Waals surface area contributed by atoms with Crippen molar-refractivity contribution in [3.63, 3.8) is 0 Å². The minimum absolute atomic E-state index is 0.286. The molecule has 0 saturated carbocycles. The first-order valence-corrected chi connectivity index (χ1v) is 6.26. The van der Waals surface area contributed by atoms with E-state index in [0.29, 0.717) is 24.3 Å². The van der Waals surface area contributed by atoms with Crippen molar-refractivity contribution >= 4 is 6.29 Å². The van der Waals surface area contributed by atoms with Gasteiger partial charge in [-0.3, -0.25) is 4.79 Å². The largest absolute Gasteiger partial charge is 0.463 e. The number of nitrogens with zero attached hydrogens (tertiary/aromatic N) is 3. The first-order chi connectivity index (χ1) is 9.79. The van der Waals surface area contributed by atoms with Crippen molar-refractivity contribution in [2.24, 2.45) is 0 Å². The molecule has 0 aliphatic carbocycles. The molecule has 100 valence electrons. The number of aromatic nitrogens is 3. The predicted molar refractivity (Wildman–Crippen MR) is 73.4 cm³/mol. The second-order valence-corrected chi connectivity index (χ2v) is 4.50. The quantitative estimate of drug-likeness (QED) is 0.682. The molecule has 0 bridgehead atoms. The molecule has 1 aromatic carbocycles. The maximum absolute atomic E-state index is 11.1. The van der Waals surface area contributed by atoms with Crippen molar-refractivity contribution in [1.82, 2.24) is 15.0 Å². The van der Waals surface area contributed by atoms with Gasteiger partial charge in [0.15, 0.2) is 17.7 Å². The first-order valence-electron chi connectivity index (χ1n) is 6.26. The van der Waals surface area contributed by atoms with Crippen LogP contribution in [-0.2, 0) is 6.54 Å². The topological polar surface area (TPSA) is 60.9 Å². The molecule has 2 aromatic heterocycles. The lowest BCUT2D eigenvalue weighted by atomic mass is 10.1. The average Bonchev–Trinajstić information content (AvgIpc) is 3.09. The van der Waals surface area contributed by atoms with Gasteiger partial charge in [-0.15, -0.1) is 5.10 Å². The van der Waals surface area contributed by atoms with E-state index in [-0.39, 0.29) is 5.69 Å². The normalized spacial score (nSPS) is 10.7. The van der Waals surface area contributed by atoms with E-state index in [4.69, 9.17) is 4.42 Å². The summed E-state index contributed by atoms with van der Waals surface area (Å²) in [5.41, 5.74) is 3.19. The third kappa shape index (κ3) is 2.14. The molecule has 0 spiro atoms. The van der Waals surface area contributed by atoms with Crippen molar-refractivity contribution in [2.45, 2.75) is 13.5 Å². The van der Waals surface area contributed by atoms with Crippen molar-refractivity contribution < 1.29 is 9.21 Å². The molecule has 3 rings (SSSR count). The molecule has 0 radical (unpaired) electrons. The fraction of sp³-hybridized carbons (Fsp3) is 0.133. The summed E-state index contributed by atoms with van der Waals surface area (Å²) >= 11 is 0. The summed E-state index contributed by atoms with van der Waals surface area (Å²) < 4.78 is 7.05. The number of carbonyl (C=O) groups is 1. The van der Waals surface area contributed by atoms with Crippen LogP contribution in [0.2, 0.25) is 0 Å². The number of hydrogen-bond acceptors (Lipinski definition) is 4. The molecule has 0 unspecified atom stereocenters. The minimum Gasteiger partial charge on any atom is -0.463 e. The van der Waals surface area contributed by atoms with Crippen LogP contribution in [0.1, 0.15) is 21.6 Å². The summed E-state index contributed by atoms with van der Waals surface area (Å²) in [5, 5.41) is 7.96. The van der Waals surface area contributed by atoms with Gasteiger partial charge < -0.3 is 4.42 Å². The molecule has 0 N–H and O–H groups in total. The van der Waals surface area contributed by atoms with Gasteiger partial charge in [0.2, 0.25) is 0 Å². The number of hydrogen-bond donors (Lipinski definition) is 0. The zero-order valence-corrected chi connectivity index (χ0v) is 11.0. The Bertz CT molecular complexity index is 729. The Morgan fingerprint density at radius 2 is 2.10 bits per heavy atom. The molecule has 0 saturated heterocycles. The average molecular weight is 267 g/mol. The van der Waals surface area contributed by atoms with Crippen LogP contribution in [-0.4, -0.2) is 21.3 Å². The Morgan fingerprint density at radius 3 is 2.80 bits per heavy atom. The SMILES string of the molecule is Cc1ccccc1Cn1nnc(C=O)c1-c1ccco1. The molecule has 0 fully saturated rings. The van der Waals surface area contributed by atoms with Crippen molar-refractivity contribution in [1.29, 1.82) is 0 Å². The highest BCUT2D eigenvalue weighted by Gasteiger charge is 2.17. The Morgan fingerprint density at radius 1 is 1.25 bits per heavy atom. The van der Waals surface area contributed by atoms with E-state index in [1.807, 2.05) is 31.2 Å². The molecule has 0 amide bonds. The molecule has 20 heavy (non-hydrogen) atoms. The van der Waals surface area contributed by atoms with Crippen molar-refractivity contribution in [3.05, 3.63) is 59.5 Å². The standard InChI is InChI=1S/C15H13N3O2/c1-11-5-2-3-6-12(11)9-18-15(13(10-19)16-17-18)14-7-4-8-20-14/h2-8,10H,9H2,1H3. The van der Waals surface area contributed by atoms with Crippen molar-refractivity contribution in [3.8, 4) is 11.5 Å². The van der Waals surface area contributed by atoms with E-state index in [0.717, 1.165) is 5.56 Å². The van der Waals surface area contributed by atoms with E-state index in [2.05, 4.69) is 10.3 Å². The fourth-order valence-corrected chi connectivity index (χ4v) is 2.13. The smallest absolute Gasteiger partial charge is 0.172 e. The molecule has 0 aliphatic heterocycles. The number of furan rings is 1. The number of benzene rings is 1. The summed E-state index contributed by atoms with van der Waals surface area (Å²) in [4.78, 5) is 11.1. The lowest BCUT2D eigenvalue weighted by Gasteiger charge is -2.07. The van der Waals surface area contributed by atoms with Crippen LogP contribution < -0.4 is 0 Å². The van der Waals surface area contributed by atoms with Gasteiger partial charge in [0.25, 0.3) is 0 Å². The van der Waals surface area contributed by atoms with Gasteiger partial charge in [0.1, 0.15) is 5.69 Å². The molecular formula is C15H13N3O2. The zero-order chi connectivity index (χ0) is 13.9. The number of carbonyl (C=O) groups excluding carboxylic acids is 1. The third-order valence-electron chi connectivity index (χ3n) is 3.21. The number of rotatable bonds is 4. The van der Waals surface area contributed by atoms with Crippen LogP contribution in [0.3, 0.4) is 0 Å². The Balaban J connectivity index is 2.05. The number of aryl methyl sites for hydroxylation is 1. The van der Waals surface area contributed by atoms with E-state index < -0.39 is 0 Å². The van der Waals surface area contributed by atoms with Crippen LogP contribution >= 0.6 is 0 Å². The molecule has 2 heterocycles. The molecule has 5 nitrogen and oxygen atoms in total. The fourth-order valence-electron chi connectivity index (χ4n) is 2.13. The lowest BCUT2D eigenvalue weighted by Crippen LogP contribution is -2.05. The molecular weight excluding hydrogens is 254 g/mol. The highest BCUT2D eigenvalue weighted by atomic mass is 16.3. The van der Waals surface area contributed by atoms with Gasteiger partial charge in [0, 0.05) is 0 Å².